The third-order valence-electron chi connectivity index (χ3n) is 6.77. The third-order valence-corrected chi connectivity index (χ3v) is 8.92. The van der Waals surface area contributed by atoms with Crippen LogP contribution in [0.5, 0.6) is 11.5 Å². The van der Waals surface area contributed by atoms with Crippen LogP contribution >= 0.6 is 31.9 Å². The first kappa shape index (κ1) is 24.7. The number of fused-ring (bicyclic) bond motifs is 5. The van der Waals surface area contributed by atoms with Gasteiger partial charge in [0.25, 0.3) is 11.8 Å². The van der Waals surface area contributed by atoms with Crippen molar-refractivity contribution in [3.63, 3.8) is 0 Å². The van der Waals surface area contributed by atoms with Crippen molar-refractivity contribution in [2.75, 3.05) is 6.61 Å². The number of hydrogen-bond donors (Lipinski definition) is 1. The summed E-state index contributed by atoms with van der Waals surface area (Å²) in [7, 11) is 0. The maximum atomic E-state index is 12.9. The summed E-state index contributed by atoms with van der Waals surface area (Å²) in [5.41, 5.74) is 1.45. The first-order valence-electron chi connectivity index (χ1n) is 11.5. The molecule has 2 fully saturated rings. The lowest BCUT2D eigenvalue weighted by Gasteiger charge is -2.17. The second-order valence-electron chi connectivity index (χ2n) is 8.88. The summed E-state index contributed by atoms with van der Waals surface area (Å²) in [5.74, 6) is -1.03. The maximum absolute atomic E-state index is 12.9. The molecule has 5 rings (SSSR count). The van der Waals surface area contributed by atoms with Gasteiger partial charge in [0.15, 0.2) is 11.5 Å². The third kappa shape index (κ3) is 4.26. The molecule has 2 amide bonds. The van der Waals surface area contributed by atoms with Crippen LogP contribution in [-0.4, -0.2) is 40.7 Å². The van der Waals surface area contributed by atoms with E-state index >= 15 is 0 Å². The van der Waals surface area contributed by atoms with Crippen molar-refractivity contribution in [2.24, 2.45) is 28.8 Å². The number of ether oxygens (including phenoxy) is 2. The highest BCUT2D eigenvalue weighted by molar-refractivity contribution is 9.13. The van der Waals surface area contributed by atoms with Crippen LogP contribution < -0.4 is 9.47 Å². The number of rotatable bonds is 8. The van der Waals surface area contributed by atoms with Crippen LogP contribution in [0.25, 0.3) is 0 Å². The number of carbonyl (C=O) groups is 3. The van der Waals surface area contributed by atoms with Crippen molar-refractivity contribution in [1.29, 1.82) is 0 Å². The molecule has 1 saturated carbocycles. The van der Waals surface area contributed by atoms with E-state index < -0.39 is 5.97 Å². The Kier molecular flexibility index (Phi) is 6.74. The molecule has 0 spiro atoms. The first-order valence-corrected chi connectivity index (χ1v) is 13.1. The van der Waals surface area contributed by atoms with E-state index in [2.05, 4.69) is 37.0 Å². The Morgan fingerprint density at radius 1 is 1.11 bits per heavy atom. The van der Waals surface area contributed by atoms with E-state index in [4.69, 9.17) is 9.47 Å². The second kappa shape index (κ2) is 9.82. The largest absolute Gasteiger partial charge is 0.490 e. The maximum Gasteiger partial charge on any atom is 0.335 e. The number of hydrogen-bond acceptors (Lipinski definition) is 6. The normalized spacial score (nSPS) is 24.1. The summed E-state index contributed by atoms with van der Waals surface area (Å²) in [6, 6.07) is 8.21. The Bertz CT molecular complexity index is 1290. The Morgan fingerprint density at radius 2 is 1.81 bits per heavy atom. The van der Waals surface area contributed by atoms with Crippen molar-refractivity contribution in [3.05, 3.63) is 68.1 Å². The molecule has 36 heavy (non-hydrogen) atoms. The van der Waals surface area contributed by atoms with Gasteiger partial charge in [-0.1, -0.05) is 24.3 Å². The first-order chi connectivity index (χ1) is 17.3. The molecular formula is C26H22Br2N2O6. The predicted molar refractivity (Wildman–Crippen MR) is 138 cm³/mol. The molecule has 186 valence electrons. The van der Waals surface area contributed by atoms with Crippen molar-refractivity contribution in [3.8, 4) is 11.5 Å². The fourth-order valence-electron chi connectivity index (χ4n) is 5.17. The van der Waals surface area contributed by atoms with E-state index in [1.54, 1.807) is 24.3 Å². The molecule has 2 aromatic carbocycles. The van der Waals surface area contributed by atoms with Gasteiger partial charge in [-0.05, 0) is 80.8 Å². The zero-order valence-electron chi connectivity index (χ0n) is 19.2. The molecule has 10 heteroatoms. The molecule has 0 radical (unpaired) electrons. The quantitative estimate of drug-likeness (QED) is 0.253. The lowest BCUT2D eigenvalue weighted by molar-refractivity contribution is -0.140. The number of benzene rings is 2. The van der Waals surface area contributed by atoms with Crippen LogP contribution in [0, 0.1) is 23.7 Å². The summed E-state index contributed by atoms with van der Waals surface area (Å²) in [4.78, 5) is 37.1. The number of carboxylic acid groups (broad SMARTS) is 1. The van der Waals surface area contributed by atoms with E-state index in [1.807, 2.05) is 19.1 Å². The Hall–Kier alpha value is -2.98. The van der Waals surface area contributed by atoms with Gasteiger partial charge in [-0.3, -0.25) is 9.59 Å². The average Bonchev–Trinajstić information content (AvgIpc) is 3.55. The fourth-order valence-corrected chi connectivity index (χ4v) is 6.10. The zero-order chi connectivity index (χ0) is 25.6. The van der Waals surface area contributed by atoms with Gasteiger partial charge in [0.05, 0.1) is 34.7 Å². The monoisotopic (exact) mass is 616 g/mol. The van der Waals surface area contributed by atoms with Crippen molar-refractivity contribution in [1.82, 2.24) is 5.01 Å². The van der Waals surface area contributed by atoms with Gasteiger partial charge < -0.3 is 14.6 Å². The molecule has 2 aromatic rings. The minimum atomic E-state index is -1.01. The Morgan fingerprint density at radius 3 is 2.44 bits per heavy atom. The Balaban J connectivity index is 1.38. The highest BCUT2D eigenvalue weighted by atomic mass is 79.9. The lowest BCUT2D eigenvalue weighted by atomic mass is 9.85. The van der Waals surface area contributed by atoms with Gasteiger partial charge in [0.2, 0.25) is 0 Å². The zero-order valence-corrected chi connectivity index (χ0v) is 22.4. The van der Waals surface area contributed by atoms with Crippen LogP contribution in [0.4, 0.5) is 0 Å². The number of amides is 2. The molecule has 1 saturated heterocycles. The number of carboxylic acids is 1. The van der Waals surface area contributed by atoms with Gasteiger partial charge in [-0.2, -0.15) is 10.1 Å². The summed E-state index contributed by atoms with van der Waals surface area (Å²) in [6.45, 7) is 2.33. The summed E-state index contributed by atoms with van der Waals surface area (Å²) in [6.07, 6.45) is 6.41. The summed E-state index contributed by atoms with van der Waals surface area (Å²) >= 11 is 7.08. The SMILES string of the molecule is CCOc1cc(C=NN2C(=O)[C@@H]3[C@H](C2=O)[C@H]2C=C[C@H]3C2)c(Br)c(Br)c1OCc1cccc(C(=O)O)c1. The molecule has 0 unspecified atom stereocenters. The molecule has 1 N–H and O–H groups in total. The highest BCUT2D eigenvalue weighted by Gasteiger charge is 2.59. The number of imide groups is 1. The number of allylic oxidation sites excluding steroid dienone is 2. The number of carbonyl (C=O) groups excluding carboxylic acids is 2. The van der Waals surface area contributed by atoms with Crippen molar-refractivity contribution < 1.29 is 29.0 Å². The average molecular weight is 618 g/mol. The topological polar surface area (TPSA) is 106 Å². The van der Waals surface area contributed by atoms with Gasteiger partial charge in [-0.15, -0.1) is 0 Å². The minimum absolute atomic E-state index is 0.120. The summed E-state index contributed by atoms with van der Waals surface area (Å²) < 4.78 is 13.0. The molecule has 2 bridgehead atoms. The smallest absolute Gasteiger partial charge is 0.335 e. The molecule has 1 heterocycles. The minimum Gasteiger partial charge on any atom is -0.490 e. The molecule has 0 aromatic heterocycles. The fraction of sp³-hybridized carbons (Fsp3) is 0.308. The molecule has 3 aliphatic rings. The van der Waals surface area contributed by atoms with E-state index in [-0.39, 0.29) is 47.7 Å². The van der Waals surface area contributed by atoms with Crippen LogP contribution in [0.2, 0.25) is 0 Å². The predicted octanol–water partition coefficient (Wildman–Crippen LogP) is 5.03. The molecule has 8 nitrogen and oxygen atoms in total. The van der Waals surface area contributed by atoms with Crippen LogP contribution in [0.3, 0.4) is 0 Å². The Labute approximate surface area is 224 Å². The van der Waals surface area contributed by atoms with Crippen LogP contribution in [-0.2, 0) is 16.2 Å². The number of halogens is 2. The molecule has 1 aliphatic heterocycles. The van der Waals surface area contributed by atoms with Gasteiger partial charge in [0.1, 0.15) is 6.61 Å². The number of aromatic carboxylic acids is 1. The second-order valence-corrected chi connectivity index (χ2v) is 10.5. The van der Waals surface area contributed by atoms with Crippen LogP contribution in [0.15, 0.2) is 56.5 Å². The standard InChI is InChI=1S/C26H22Br2N2O6/c1-2-35-18-10-17(11-29-30-24(31)19-14-6-7-15(9-14)20(19)25(30)32)21(27)22(28)23(18)36-12-13-4-3-5-16(8-13)26(33)34/h3-8,10-11,14-15,19-20H,2,9,12H2,1H3,(H,33,34)/t14-,15-,19-,20+/m0/s1. The van der Waals surface area contributed by atoms with E-state index in [9.17, 15) is 19.5 Å². The summed E-state index contributed by atoms with van der Waals surface area (Å²) in [5, 5.41) is 14.5. The lowest BCUT2D eigenvalue weighted by Crippen LogP contribution is -2.28. The van der Waals surface area contributed by atoms with Crippen LogP contribution in [0.1, 0.15) is 34.8 Å². The highest BCUT2D eigenvalue weighted by Crippen LogP contribution is 2.52. The van der Waals surface area contributed by atoms with Gasteiger partial charge >= 0.3 is 5.97 Å². The van der Waals surface area contributed by atoms with E-state index in [1.165, 1.54) is 12.3 Å². The van der Waals surface area contributed by atoms with E-state index in [0.29, 0.717) is 38.2 Å². The number of hydrazone groups is 1. The molecule has 2 aliphatic carbocycles. The van der Waals surface area contributed by atoms with Gasteiger partial charge in [-0.25, -0.2) is 4.79 Å². The molecule has 4 atom stereocenters. The van der Waals surface area contributed by atoms with Gasteiger partial charge in [0, 0.05) is 10.0 Å². The molecular weight excluding hydrogens is 596 g/mol. The van der Waals surface area contributed by atoms with Crippen molar-refractivity contribution in [2.45, 2.75) is 20.0 Å². The van der Waals surface area contributed by atoms with E-state index in [0.717, 1.165) is 11.4 Å². The van der Waals surface area contributed by atoms with Crippen molar-refractivity contribution >= 4 is 55.9 Å². The number of nitrogens with zero attached hydrogens (tertiary/aromatic N) is 2.